The van der Waals surface area contributed by atoms with Gasteiger partial charge in [-0.3, -0.25) is 4.79 Å². The maximum Gasteiger partial charge on any atom is 0.460 e. The van der Waals surface area contributed by atoms with Gasteiger partial charge in [-0.25, -0.2) is 8.42 Å². The van der Waals surface area contributed by atoms with E-state index >= 15 is 0 Å². The van der Waals surface area contributed by atoms with Crippen molar-refractivity contribution in [2.75, 3.05) is 0 Å². The smallest absolute Gasteiger partial charge is 0.460 e. The zero-order valence-corrected chi connectivity index (χ0v) is 26.7. The molecule has 1 heterocycles. The maximum absolute atomic E-state index is 13.0. The van der Waals surface area contributed by atoms with Crippen molar-refractivity contribution in [2.24, 2.45) is 0 Å². The van der Waals surface area contributed by atoms with E-state index in [1.54, 1.807) is 0 Å². The minimum atomic E-state index is -8.92. The Hall–Kier alpha value is -3.42. The molecule has 4 aromatic rings. The van der Waals surface area contributed by atoms with Crippen LogP contribution in [0.4, 0.5) is 74.6 Å². The van der Waals surface area contributed by atoms with Crippen molar-refractivity contribution in [2.45, 2.75) is 47.0 Å². The van der Waals surface area contributed by atoms with E-state index in [-0.39, 0.29) is 26.6 Å². The summed E-state index contributed by atoms with van der Waals surface area (Å²) in [5, 5.41) is -6.64. The second-order valence-electron chi connectivity index (χ2n) is 9.87. The van der Waals surface area contributed by atoms with Crippen LogP contribution >= 0.6 is 0 Å². The van der Waals surface area contributed by atoms with Crippen LogP contribution in [0.15, 0.2) is 82.0 Å². The highest BCUT2D eigenvalue weighted by Gasteiger charge is 2.95. The van der Waals surface area contributed by atoms with E-state index < -0.39 is 57.1 Å². The number of halogens is 18. The minimum absolute atomic E-state index is 0.0516. The Balaban J connectivity index is 0.000000283. The van der Waals surface area contributed by atoms with Crippen molar-refractivity contribution < 1.29 is 113 Å². The molecule has 0 unspecified atom stereocenters. The molecule has 0 saturated carbocycles. The first-order valence-electron chi connectivity index (χ1n) is 12.6. The Labute approximate surface area is 282 Å². The van der Waals surface area contributed by atoms with Gasteiger partial charge < -0.3 is 8.97 Å². The number of hydrogen-bond acceptors (Lipinski definition) is 5. The summed E-state index contributed by atoms with van der Waals surface area (Å²) in [6, 6.07) is 23.8. The summed E-state index contributed by atoms with van der Waals surface area (Å²) < 4.78 is 252. The lowest BCUT2D eigenvalue weighted by Crippen LogP contribution is -3.61. The van der Waals surface area contributed by atoms with Gasteiger partial charge in [-0.1, -0.05) is 30.3 Å². The molecule has 51 heavy (non-hydrogen) atoms. The fourth-order valence-corrected chi connectivity index (χ4v) is 6.51. The van der Waals surface area contributed by atoms with Crippen LogP contribution < -0.4 is 26.6 Å². The molecule has 0 spiro atoms. The van der Waals surface area contributed by atoms with Gasteiger partial charge in [0.25, 0.3) is 0 Å². The Morgan fingerprint density at radius 2 is 0.941 bits per heavy atom. The van der Waals surface area contributed by atoms with Gasteiger partial charge in [-0.05, 0) is 36.4 Å². The van der Waals surface area contributed by atoms with Crippen LogP contribution in [0.2, 0.25) is 0 Å². The highest BCUT2D eigenvalue weighted by molar-refractivity contribution is 7.86. The molecule has 0 fully saturated rings. The van der Waals surface area contributed by atoms with E-state index in [9.17, 15) is 92.4 Å². The molecular formula is C27H12F17IO5S. The third kappa shape index (κ3) is 6.81. The van der Waals surface area contributed by atoms with Crippen molar-refractivity contribution in [3.05, 3.63) is 90.2 Å². The molecule has 0 aliphatic rings. The summed E-state index contributed by atoms with van der Waals surface area (Å²) in [6.07, 6.45) is -7.89. The second kappa shape index (κ2) is 13.2. The van der Waals surface area contributed by atoms with Crippen LogP contribution in [-0.2, 0) is 10.1 Å². The number of hydrogen-bond donors (Lipinski definition) is 0. The van der Waals surface area contributed by atoms with Crippen LogP contribution in [0.3, 0.4) is 0 Å². The van der Waals surface area contributed by atoms with Gasteiger partial charge in [0.2, 0.25) is 5.43 Å². The summed E-state index contributed by atoms with van der Waals surface area (Å²) >= 11 is -0.284. The highest BCUT2D eigenvalue weighted by Crippen LogP contribution is 2.64. The van der Waals surface area contributed by atoms with Gasteiger partial charge in [0, 0.05) is 6.07 Å². The lowest BCUT2D eigenvalue weighted by molar-refractivity contribution is -0.597. The van der Waals surface area contributed by atoms with Crippen molar-refractivity contribution in [1.82, 2.24) is 0 Å². The Morgan fingerprint density at radius 1 is 0.510 bits per heavy atom. The number of fused-ring (bicyclic) bond motifs is 2. The number of benzene rings is 3. The summed E-state index contributed by atoms with van der Waals surface area (Å²) in [5.74, 6) is -52.1. The van der Waals surface area contributed by atoms with Crippen LogP contribution in [0.1, 0.15) is 0 Å². The van der Waals surface area contributed by atoms with Gasteiger partial charge in [-0.2, -0.15) is 74.6 Å². The molecular weight excluding hydrogens is 886 g/mol. The standard InChI is InChI=1S/C19H12IO2.C8HF17O3S/c21-19-15-8-4-5-9-17(15)22-18-11-10-14(12-16(18)19)20-13-6-2-1-3-7-13;9-1(10,3(13,14)5(17,18)7(21,22)23)2(11,12)4(15,16)6(19,20)8(24,25)29(26,27)28/h1-12H;(H,26,27,28)/q+1;/p-1. The van der Waals surface area contributed by atoms with E-state index in [0.29, 0.717) is 21.9 Å². The predicted molar refractivity (Wildman–Crippen MR) is 134 cm³/mol. The Bertz CT molecular complexity index is 2070. The predicted octanol–water partition coefficient (Wildman–Crippen LogP) is 5.57. The third-order valence-electron chi connectivity index (χ3n) is 6.50. The average molecular weight is 898 g/mol. The molecule has 0 radical (unpaired) electrons. The van der Waals surface area contributed by atoms with Gasteiger partial charge >= 0.3 is 68.2 Å². The average Bonchev–Trinajstić information content (AvgIpc) is 3.00. The molecule has 0 bridgehead atoms. The van der Waals surface area contributed by atoms with Crippen LogP contribution in [0, 0.1) is 7.14 Å². The fourth-order valence-electron chi connectivity index (χ4n) is 3.74. The molecule has 0 atom stereocenters. The molecule has 0 aliphatic heterocycles. The number of alkyl halides is 17. The molecule has 0 N–H and O–H groups in total. The lowest BCUT2D eigenvalue weighted by Gasteiger charge is -2.42. The van der Waals surface area contributed by atoms with E-state index in [1.807, 2.05) is 42.5 Å². The van der Waals surface area contributed by atoms with Crippen molar-refractivity contribution in [3.63, 3.8) is 0 Å². The van der Waals surface area contributed by atoms with Gasteiger partial charge in [0.15, 0.2) is 17.3 Å². The Kier molecular flexibility index (Phi) is 10.9. The molecule has 0 amide bonds. The number of rotatable bonds is 9. The maximum atomic E-state index is 13.0. The molecule has 3 aromatic carbocycles. The van der Waals surface area contributed by atoms with Crippen molar-refractivity contribution in [1.29, 1.82) is 0 Å². The zero-order chi connectivity index (χ0) is 39.4. The van der Waals surface area contributed by atoms with Gasteiger partial charge in [0.05, 0.1) is 10.8 Å². The summed E-state index contributed by atoms with van der Waals surface area (Å²) in [4.78, 5) is 12.6. The third-order valence-corrected chi connectivity index (χ3v) is 10.0. The molecule has 24 heteroatoms. The molecule has 1 aromatic heterocycles. The van der Waals surface area contributed by atoms with Crippen molar-refractivity contribution >= 4 is 32.1 Å². The molecule has 0 saturated heterocycles. The first-order chi connectivity index (χ1) is 22.8. The largest absolute Gasteiger partial charge is 0.743 e. The van der Waals surface area contributed by atoms with Crippen molar-refractivity contribution in [3.8, 4) is 0 Å². The SMILES string of the molecule is O=S(=O)([O-])C(F)(F)C(F)(F)C(F)(F)C(F)(F)C(F)(F)C(F)(F)C(F)(F)C(F)(F)F.O=c1c2ccccc2oc2ccc([I+]c3ccccc3)cc12. The lowest BCUT2D eigenvalue weighted by atomic mass is 9.91. The quantitative estimate of drug-likeness (QED) is 0.0950. The van der Waals surface area contributed by atoms with Crippen LogP contribution in [0.25, 0.3) is 21.9 Å². The number of para-hydroxylation sites is 1. The molecule has 5 nitrogen and oxygen atoms in total. The Morgan fingerprint density at radius 3 is 1.43 bits per heavy atom. The van der Waals surface area contributed by atoms with Crippen LogP contribution in [-0.4, -0.2) is 59.9 Å². The van der Waals surface area contributed by atoms with E-state index in [0.717, 1.165) is 0 Å². The molecule has 0 aliphatic carbocycles. The summed E-state index contributed by atoms with van der Waals surface area (Å²) in [6.45, 7) is 0. The van der Waals surface area contributed by atoms with Crippen LogP contribution in [0.5, 0.6) is 0 Å². The van der Waals surface area contributed by atoms with Gasteiger partial charge in [-0.15, -0.1) is 0 Å². The summed E-state index contributed by atoms with van der Waals surface area (Å²) in [7, 11) is -8.14. The van der Waals surface area contributed by atoms with Gasteiger partial charge in [0.1, 0.15) is 11.2 Å². The highest BCUT2D eigenvalue weighted by atomic mass is 127. The first kappa shape index (κ1) is 42.0. The minimum Gasteiger partial charge on any atom is -0.743 e. The monoisotopic (exact) mass is 898 g/mol. The normalized spacial score (nSPS) is 14.4. The molecule has 4 rings (SSSR count). The topological polar surface area (TPSA) is 87.4 Å². The summed E-state index contributed by atoms with van der Waals surface area (Å²) in [5.41, 5.74) is 1.35. The fraction of sp³-hybridized carbons (Fsp3) is 0.296. The van der Waals surface area contributed by atoms with E-state index in [2.05, 4.69) is 30.3 Å². The van der Waals surface area contributed by atoms with E-state index in [1.165, 1.54) is 7.14 Å². The van der Waals surface area contributed by atoms with E-state index in [4.69, 9.17) is 4.42 Å². The second-order valence-corrected chi connectivity index (χ2v) is 14.3. The molecule has 282 valence electrons. The zero-order valence-electron chi connectivity index (χ0n) is 23.7. The first-order valence-corrected chi connectivity index (χ1v) is 16.2.